The van der Waals surface area contributed by atoms with E-state index in [-0.39, 0.29) is 11.8 Å². The Kier molecular flexibility index (Phi) is 6.99. The average Bonchev–Trinajstić information content (AvgIpc) is 2.66. The second-order valence-corrected chi connectivity index (χ2v) is 5.89. The van der Waals surface area contributed by atoms with Gasteiger partial charge in [-0.25, -0.2) is 10.3 Å². The predicted molar refractivity (Wildman–Crippen MR) is 98.1 cm³/mol. The zero-order chi connectivity index (χ0) is 18.9. The van der Waals surface area contributed by atoms with Gasteiger partial charge in [0.05, 0.1) is 0 Å². The molecule has 0 fully saturated rings. The summed E-state index contributed by atoms with van der Waals surface area (Å²) in [7, 11) is 0. The van der Waals surface area contributed by atoms with Crippen LogP contribution in [-0.2, 0) is 6.54 Å². The van der Waals surface area contributed by atoms with E-state index in [0.717, 1.165) is 18.4 Å². The third-order valence-electron chi connectivity index (χ3n) is 3.88. The number of nitrogens with one attached hydrogen (secondary N) is 2. The molecule has 0 aliphatic rings. The molecule has 0 spiro atoms. The van der Waals surface area contributed by atoms with Crippen LogP contribution < -0.4 is 10.8 Å². The van der Waals surface area contributed by atoms with Crippen LogP contribution in [0.25, 0.3) is 0 Å². The van der Waals surface area contributed by atoms with E-state index in [2.05, 4.69) is 12.2 Å². The van der Waals surface area contributed by atoms with Crippen molar-refractivity contribution in [3.8, 4) is 5.75 Å². The summed E-state index contributed by atoms with van der Waals surface area (Å²) in [6.45, 7) is 3.04. The van der Waals surface area contributed by atoms with Crippen molar-refractivity contribution in [1.29, 1.82) is 0 Å². The van der Waals surface area contributed by atoms with Crippen LogP contribution in [0.2, 0.25) is 0 Å². The van der Waals surface area contributed by atoms with Crippen molar-refractivity contribution in [2.45, 2.75) is 26.3 Å². The smallest absolute Gasteiger partial charge is 0.322 e. The van der Waals surface area contributed by atoms with Crippen LogP contribution in [0.1, 0.15) is 35.7 Å². The molecule has 2 aromatic rings. The molecule has 0 heterocycles. The number of rotatable bonds is 7. The molecule has 7 nitrogen and oxygen atoms in total. The molecule has 138 valence electrons. The van der Waals surface area contributed by atoms with Crippen molar-refractivity contribution < 1.29 is 19.9 Å². The summed E-state index contributed by atoms with van der Waals surface area (Å²) in [5, 5.41) is 20.8. The number of benzene rings is 2. The summed E-state index contributed by atoms with van der Waals surface area (Å²) >= 11 is 0. The number of anilines is 1. The lowest BCUT2D eigenvalue weighted by atomic mass is 10.1. The van der Waals surface area contributed by atoms with Gasteiger partial charge in [-0.05, 0) is 48.4 Å². The number of phenolic OH excluding ortho intramolecular Hbond substituents is 1. The summed E-state index contributed by atoms with van der Waals surface area (Å²) in [4.78, 5) is 25.6. The molecule has 0 atom stereocenters. The molecule has 0 aliphatic heterocycles. The van der Waals surface area contributed by atoms with Crippen molar-refractivity contribution >= 4 is 17.6 Å². The highest BCUT2D eigenvalue weighted by atomic mass is 16.5. The molecule has 0 saturated heterocycles. The van der Waals surface area contributed by atoms with Crippen LogP contribution in [0.5, 0.6) is 5.75 Å². The van der Waals surface area contributed by atoms with E-state index in [0.29, 0.717) is 24.3 Å². The Bertz CT molecular complexity index is 729. The molecule has 0 radical (unpaired) electrons. The van der Waals surface area contributed by atoms with E-state index in [1.807, 2.05) is 0 Å². The highest BCUT2D eigenvalue weighted by Gasteiger charge is 2.14. The second-order valence-electron chi connectivity index (χ2n) is 5.89. The van der Waals surface area contributed by atoms with Gasteiger partial charge in [0.1, 0.15) is 5.75 Å². The molecule has 0 saturated carbocycles. The number of phenols is 1. The third kappa shape index (κ3) is 5.49. The van der Waals surface area contributed by atoms with Gasteiger partial charge in [-0.1, -0.05) is 25.5 Å². The maximum atomic E-state index is 12.6. The van der Waals surface area contributed by atoms with Crippen LogP contribution in [0, 0.1) is 0 Å². The van der Waals surface area contributed by atoms with Crippen molar-refractivity contribution in [3.05, 3.63) is 59.7 Å². The maximum Gasteiger partial charge on any atom is 0.322 e. The highest BCUT2D eigenvalue weighted by molar-refractivity contribution is 5.93. The standard InChI is InChI=1S/C19H23N3O4/c1-2-3-12-22(19(25)20-16-8-10-17(23)11-9-16)13-14-4-6-15(7-5-14)18(24)21-26/h4-11,23,26H,2-3,12-13H2,1H3,(H,20,25)(H,21,24). The number of amides is 3. The maximum absolute atomic E-state index is 12.6. The van der Waals surface area contributed by atoms with Gasteiger partial charge in [0.15, 0.2) is 0 Å². The molecule has 2 rings (SSSR count). The fraction of sp³-hybridized carbons (Fsp3) is 0.263. The first-order valence-electron chi connectivity index (χ1n) is 8.41. The number of hydrogen-bond acceptors (Lipinski definition) is 4. The molecule has 0 aromatic heterocycles. The Morgan fingerprint density at radius 1 is 1.04 bits per heavy atom. The molecule has 7 heteroatoms. The average molecular weight is 357 g/mol. The Balaban J connectivity index is 2.06. The lowest BCUT2D eigenvalue weighted by molar-refractivity contribution is 0.0706. The van der Waals surface area contributed by atoms with Gasteiger partial charge in [-0.15, -0.1) is 0 Å². The SMILES string of the molecule is CCCCN(Cc1ccc(C(=O)NO)cc1)C(=O)Nc1ccc(O)cc1. The summed E-state index contributed by atoms with van der Waals surface area (Å²) in [5.74, 6) is -0.442. The highest BCUT2D eigenvalue weighted by Crippen LogP contribution is 2.15. The summed E-state index contributed by atoms with van der Waals surface area (Å²) in [6.07, 6.45) is 1.83. The fourth-order valence-corrected chi connectivity index (χ4v) is 2.40. The molecule has 0 bridgehead atoms. The molecule has 0 unspecified atom stereocenters. The van der Waals surface area contributed by atoms with Crippen molar-refractivity contribution in [1.82, 2.24) is 10.4 Å². The summed E-state index contributed by atoms with van der Waals surface area (Å²) < 4.78 is 0. The van der Waals surface area contributed by atoms with E-state index in [4.69, 9.17) is 5.21 Å². The van der Waals surface area contributed by atoms with Gasteiger partial charge in [-0.3, -0.25) is 10.0 Å². The van der Waals surface area contributed by atoms with Gasteiger partial charge in [0.2, 0.25) is 0 Å². The minimum Gasteiger partial charge on any atom is -0.508 e. The number of hydroxylamine groups is 1. The molecular weight excluding hydrogens is 334 g/mol. The Morgan fingerprint density at radius 2 is 1.69 bits per heavy atom. The summed E-state index contributed by atoms with van der Waals surface area (Å²) in [6, 6.07) is 12.7. The van der Waals surface area contributed by atoms with Crippen LogP contribution in [0.4, 0.5) is 10.5 Å². The number of nitrogens with zero attached hydrogens (tertiary/aromatic N) is 1. The van der Waals surface area contributed by atoms with Gasteiger partial charge in [0, 0.05) is 24.3 Å². The molecule has 2 aromatic carbocycles. The number of urea groups is 1. The number of unbranched alkanes of at least 4 members (excludes halogenated alkanes) is 1. The Hall–Kier alpha value is -3.06. The van der Waals surface area contributed by atoms with Gasteiger partial charge >= 0.3 is 6.03 Å². The lowest BCUT2D eigenvalue weighted by Crippen LogP contribution is -2.35. The first-order valence-corrected chi connectivity index (χ1v) is 8.41. The number of hydrogen-bond donors (Lipinski definition) is 4. The van der Waals surface area contributed by atoms with E-state index in [1.54, 1.807) is 46.8 Å². The Labute approximate surface area is 152 Å². The van der Waals surface area contributed by atoms with E-state index in [1.165, 1.54) is 12.1 Å². The lowest BCUT2D eigenvalue weighted by Gasteiger charge is -2.23. The Morgan fingerprint density at radius 3 is 2.27 bits per heavy atom. The van der Waals surface area contributed by atoms with E-state index in [9.17, 15) is 14.7 Å². The first-order chi connectivity index (χ1) is 12.5. The molecular formula is C19H23N3O4. The van der Waals surface area contributed by atoms with E-state index < -0.39 is 5.91 Å². The van der Waals surface area contributed by atoms with Gasteiger partial charge < -0.3 is 15.3 Å². The van der Waals surface area contributed by atoms with Gasteiger partial charge in [-0.2, -0.15) is 0 Å². The number of aromatic hydroxyl groups is 1. The summed E-state index contributed by atoms with van der Waals surface area (Å²) in [5.41, 5.74) is 3.40. The molecule has 26 heavy (non-hydrogen) atoms. The zero-order valence-electron chi connectivity index (χ0n) is 14.6. The quantitative estimate of drug-likeness (QED) is 0.347. The number of carbonyl (C=O) groups excluding carboxylic acids is 2. The zero-order valence-corrected chi connectivity index (χ0v) is 14.6. The predicted octanol–water partition coefficient (Wildman–Crippen LogP) is 3.35. The van der Waals surface area contributed by atoms with Crippen LogP contribution in [0.3, 0.4) is 0 Å². The minimum absolute atomic E-state index is 0.137. The normalized spacial score (nSPS) is 10.2. The van der Waals surface area contributed by atoms with Crippen molar-refractivity contribution in [3.63, 3.8) is 0 Å². The van der Waals surface area contributed by atoms with Crippen molar-refractivity contribution in [2.24, 2.45) is 0 Å². The molecule has 4 N–H and O–H groups in total. The van der Waals surface area contributed by atoms with Crippen LogP contribution in [0.15, 0.2) is 48.5 Å². The second kappa shape index (κ2) is 9.43. The minimum atomic E-state index is -0.579. The first kappa shape index (κ1) is 19.3. The fourth-order valence-electron chi connectivity index (χ4n) is 2.40. The topological polar surface area (TPSA) is 102 Å². The van der Waals surface area contributed by atoms with Gasteiger partial charge in [0.25, 0.3) is 5.91 Å². The third-order valence-corrected chi connectivity index (χ3v) is 3.88. The van der Waals surface area contributed by atoms with Crippen LogP contribution >= 0.6 is 0 Å². The number of carbonyl (C=O) groups is 2. The molecule has 0 aliphatic carbocycles. The van der Waals surface area contributed by atoms with Crippen molar-refractivity contribution in [2.75, 3.05) is 11.9 Å². The molecule has 3 amide bonds. The van der Waals surface area contributed by atoms with Crippen LogP contribution in [-0.4, -0.2) is 33.7 Å². The largest absolute Gasteiger partial charge is 0.508 e. The monoisotopic (exact) mass is 357 g/mol. The van der Waals surface area contributed by atoms with E-state index >= 15 is 0 Å².